The minimum Gasteiger partial charge on any atom is -0.295 e. The van der Waals surface area contributed by atoms with E-state index in [9.17, 15) is 4.79 Å². The van der Waals surface area contributed by atoms with Crippen molar-refractivity contribution in [1.29, 1.82) is 5.26 Å². The molecule has 0 bridgehead atoms. The first-order chi connectivity index (χ1) is 10.2. The van der Waals surface area contributed by atoms with Crippen LogP contribution in [0.3, 0.4) is 0 Å². The van der Waals surface area contributed by atoms with Crippen LogP contribution in [0.2, 0.25) is 0 Å². The van der Waals surface area contributed by atoms with Crippen molar-refractivity contribution in [2.75, 3.05) is 0 Å². The van der Waals surface area contributed by atoms with Crippen molar-refractivity contribution < 1.29 is 0 Å². The number of terminal acetylenes is 1. The summed E-state index contributed by atoms with van der Waals surface area (Å²) in [5, 5.41) is 9.04. The van der Waals surface area contributed by atoms with Gasteiger partial charge < -0.3 is 0 Å². The Morgan fingerprint density at radius 1 is 1.38 bits per heavy atom. The van der Waals surface area contributed by atoms with Gasteiger partial charge in [0.2, 0.25) is 0 Å². The fraction of sp³-hybridized carbons (Fsp3) is 0.118. The summed E-state index contributed by atoms with van der Waals surface area (Å²) in [7, 11) is 0. The Labute approximate surface area is 123 Å². The topological polar surface area (TPSA) is 58.1 Å². The second-order valence-corrected chi connectivity index (χ2v) is 4.43. The molecule has 0 N–H and O–H groups in total. The third-order valence-electron chi connectivity index (χ3n) is 2.99. The maximum atomic E-state index is 12.2. The Morgan fingerprint density at radius 2 is 2.10 bits per heavy atom. The lowest BCUT2D eigenvalue weighted by Crippen LogP contribution is -2.26. The van der Waals surface area contributed by atoms with Crippen LogP contribution < -0.4 is 5.56 Å². The van der Waals surface area contributed by atoms with Crippen LogP contribution in [0.15, 0.2) is 46.2 Å². The van der Waals surface area contributed by atoms with E-state index in [1.54, 1.807) is 19.2 Å². The van der Waals surface area contributed by atoms with Crippen molar-refractivity contribution in [3.05, 3.63) is 63.6 Å². The molecule has 0 aliphatic carbocycles. The van der Waals surface area contributed by atoms with E-state index in [4.69, 9.17) is 11.7 Å². The number of benzene rings is 1. The summed E-state index contributed by atoms with van der Waals surface area (Å²) in [5.41, 5.74) is 1.70. The highest BCUT2D eigenvalue weighted by Crippen LogP contribution is 2.11. The van der Waals surface area contributed by atoms with Gasteiger partial charge in [0.05, 0.1) is 24.1 Å². The summed E-state index contributed by atoms with van der Waals surface area (Å²) in [5.74, 6) is 2.43. The molecule has 0 aliphatic heterocycles. The third-order valence-corrected chi connectivity index (χ3v) is 2.99. The van der Waals surface area contributed by atoms with E-state index in [2.05, 4.69) is 10.9 Å². The summed E-state index contributed by atoms with van der Waals surface area (Å²) in [6.45, 7) is 1.82. The van der Waals surface area contributed by atoms with E-state index < -0.39 is 0 Å². The smallest absolute Gasteiger partial charge is 0.270 e. The van der Waals surface area contributed by atoms with Crippen LogP contribution >= 0.6 is 0 Å². The molecule has 2 rings (SSSR count). The van der Waals surface area contributed by atoms with Crippen LogP contribution in [0, 0.1) is 30.6 Å². The number of hydrogen-bond acceptors (Lipinski definition) is 3. The van der Waals surface area contributed by atoms with Crippen molar-refractivity contribution in [1.82, 2.24) is 4.57 Å². The van der Waals surface area contributed by atoms with Gasteiger partial charge in [0.1, 0.15) is 11.6 Å². The molecule has 102 valence electrons. The Morgan fingerprint density at radius 3 is 2.71 bits per heavy atom. The van der Waals surface area contributed by atoms with Gasteiger partial charge in [0.25, 0.3) is 5.56 Å². The Kier molecular flexibility index (Phi) is 4.33. The second kappa shape index (κ2) is 6.36. The van der Waals surface area contributed by atoms with Crippen LogP contribution in [0.25, 0.3) is 0 Å². The van der Waals surface area contributed by atoms with E-state index >= 15 is 0 Å². The van der Waals surface area contributed by atoms with Crippen molar-refractivity contribution in [3.63, 3.8) is 0 Å². The van der Waals surface area contributed by atoms with Crippen molar-refractivity contribution >= 4 is 11.9 Å². The first-order valence-corrected chi connectivity index (χ1v) is 6.34. The predicted octanol–water partition coefficient (Wildman–Crippen LogP) is 2.41. The molecular weight excluding hydrogens is 262 g/mol. The monoisotopic (exact) mass is 275 g/mol. The minimum absolute atomic E-state index is 0.101. The summed E-state index contributed by atoms with van der Waals surface area (Å²) in [4.78, 5) is 16.5. The fourth-order valence-corrected chi connectivity index (χ4v) is 1.94. The molecule has 0 aliphatic rings. The Bertz CT molecular complexity index is 818. The molecule has 0 spiro atoms. The highest BCUT2D eigenvalue weighted by molar-refractivity contribution is 5.80. The number of nitriles is 1. The molecule has 21 heavy (non-hydrogen) atoms. The summed E-state index contributed by atoms with van der Waals surface area (Å²) in [6.07, 6.45) is 6.88. The zero-order valence-electron chi connectivity index (χ0n) is 11.6. The van der Waals surface area contributed by atoms with E-state index in [0.717, 1.165) is 5.69 Å². The lowest BCUT2D eigenvalue weighted by molar-refractivity contribution is 0.782. The normalized spacial score (nSPS) is 10.2. The molecule has 0 unspecified atom stereocenters. The van der Waals surface area contributed by atoms with Crippen LogP contribution in [-0.4, -0.2) is 10.8 Å². The lowest BCUT2D eigenvalue weighted by Gasteiger charge is -2.09. The summed E-state index contributed by atoms with van der Waals surface area (Å²) in [6, 6.07) is 13.0. The maximum Gasteiger partial charge on any atom is 0.270 e. The molecule has 1 heterocycles. The van der Waals surface area contributed by atoms with Crippen LogP contribution in [0.5, 0.6) is 0 Å². The van der Waals surface area contributed by atoms with Gasteiger partial charge in [-0.05, 0) is 30.7 Å². The number of aromatic nitrogens is 1. The Hall–Kier alpha value is -3.11. The van der Waals surface area contributed by atoms with E-state index in [1.807, 2.05) is 36.4 Å². The van der Waals surface area contributed by atoms with Gasteiger partial charge in [0.15, 0.2) is 0 Å². The molecule has 0 atom stereocenters. The van der Waals surface area contributed by atoms with Gasteiger partial charge >= 0.3 is 0 Å². The number of aliphatic imine (C=N–C) groups is 1. The van der Waals surface area contributed by atoms with Gasteiger partial charge in [-0.15, -0.1) is 6.42 Å². The van der Waals surface area contributed by atoms with Gasteiger partial charge in [-0.2, -0.15) is 5.26 Å². The van der Waals surface area contributed by atoms with Crippen LogP contribution in [0.4, 0.5) is 5.69 Å². The van der Waals surface area contributed by atoms with Gasteiger partial charge in [-0.1, -0.05) is 24.1 Å². The SMILES string of the molecule is C#CCn1c(C=Nc2ccccc2)cc(C)c(C#N)c1=O. The molecular formula is C17H13N3O. The van der Waals surface area contributed by atoms with Crippen molar-refractivity contribution in [2.45, 2.75) is 13.5 Å². The molecule has 1 aromatic carbocycles. The second-order valence-electron chi connectivity index (χ2n) is 4.43. The third kappa shape index (κ3) is 3.08. The molecule has 0 fully saturated rings. The fourth-order valence-electron chi connectivity index (χ4n) is 1.94. The minimum atomic E-state index is -0.384. The van der Waals surface area contributed by atoms with Gasteiger partial charge in [-0.3, -0.25) is 14.4 Å². The highest BCUT2D eigenvalue weighted by Gasteiger charge is 2.10. The van der Waals surface area contributed by atoms with Gasteiger partial charge in [-0.25, -0.2) is 0 Å². The van der Waals surface area contributed by atoms with Crippen LogP contribution in [0.1, 0.15) is 16.8 Å². The first kappa shape index (κ1) is 14.3. The number of para-hydroxylation sites is 1. The first-order valence-electron chi connectivity index (χ1n) is 6.34. The number of aryl methyl sites for hydroxylation is 1. The predicted molar refractivity (Wildman–Crippen MR) is 82.7 cm³/mol. The molecule has 0 saturated carbocycles. The zero-order valence-corrected chi connectivity index (χ0v) is 11.6. The van der Waals surface area contributed by atoms with Crippen molar-refractivity contribution in [2.24, 2.45) is 4.99 Å². The van der Waals surface area contributed by atoms with Crippen molar-refractivity contribution in [3.8, 4) is 18.4 Å². The van der Waals surface area contributed by atoms with Gasteiger partial charge in [0, 0.05) is 0 Å². The molecule has 4 heteroatoms. The number of rotatable bonds is 3. The molecule has 1 aromatic heterocycles. The number of nitrogens with zero attached hydrogens (tertiary/aromatic N) is 3. The number of pyridine rings is 1. The zero-order chi connectivity index (χ0) is 15.2. The average molecular weight is 275 g/mol. The van der Waals surface area contributed by atoms with E-state index in [1.165, 1.54) is 4.57 Å². The standard InChI is InChI=1S/C17H13N3O/c1-3-9-20-15(10-13(2)16(11-18)17(20)21)12-19-14-7-5-4-6-8-14/h1,4-8,10,12H,9H2,2H3. The molecule has 0 radical (unpaired) electrons. The molecule has 2 aromatic rings. The summed E-state index contributed by atoms with van der Waals surface area (Å²) < 4.78 is 1.37. The quantitative estimate of drug-likeness (QED) is 0.638. The summed E-state index contributed by atoms with van der Waals surface area (Å²) >= 11 is 0. The molecule has 0 amide bonds. The van der Waals surface area contributed by atoms with E-state index in [0.29, 0.717) is 11.3 Å². The largest absolute Gasteiger partial charge is 0.295 e. The number of hydrogen-bond donors (Lipinski definition) is 0. The van der Waals surface area contributed by atoms with Crippen LogP contribution in [-0.2, 0) is 6.54 Å². The molecule has 4 nitrogen and oxygen atoms in total. The lowest BCUT2D eigenvalue weighted by atomic mass is 10.1. The Balaban J connectivity index is 2.54. The maximum absolute atomic E-state index is 12.2. The van der Waals surface area contributed by atoms with E-state index in [-0.39, 0.29) is 17.7 Å². The molecule has 0 saturated heterocycles. The highest BCUT2D eigenvalue weighted by atomic mass is 16.1. The average Bonchev–Trinajstić information content (AvgIpc) is 2.50.